The number of anilines is 1. The van der Waals surface area contributed by atoms with Crippen LogP contribution in [-0.4, -0.2) is 53.1 Å². The van der Waals surface area contributed by atoms with Gasteiger partial charge < -0.3 is 4.90 Å². The number of aromatic nitrogens is 1. The van der Waals surface area contributed by atoms with Crippen LogP contribution in [0, 0.1) is 10.1 Å². The number of halogens is 5. The second-order valence-corrected chi connectivity index (χ2v) is 9.14. The fraction of sp³-hybridized carbons (Fsp3) is 0.579. The number of nitrogens with zero attached hydrogens (tertiary/aromatic N) is 4. The number of benzene rings is 1. The summed E-state index contributed by atoms with van der Waals surface area (Å²) in [6, 6.07) is 0.974. The minimum Gasteiger partial charge on any atom is -0.345 e. The predicted octanol–water partition coefficient (Wildman–Crippen LogP) is 3.79. The number of alkyl halides is 5. The third-order valence-electron chi connectivity index (χ3n) is 5.85. The first-order chi connectivity index (χ1) is 15.4. The number of piperazine rings is 1. The van der Waals surface area contributed by atoms with Crippen molar-refractivity contribution in [2.24, 2.45) is 0 Å². The molecule has 33 heavy (non-hydrogen) atoms. The van der Waals surface area contributed by atoms with Crippen molar-refractivity contribution in [1.29, 1.82) is 0 Å². The maximum Gasteiger partial charge on any atom is 0.416 e. The third kappa shape index (κ3) is 5.22. The maximum atomic E-state index is 13.3. The van der Waals surface area contributed by atoms with E-state index in [1.54, 1.807) is 4.90 Å². The molecule has 2 heterocycles. The molecule has 14 heteroatoms. The van der Waals surface area contributed by atoms with Gasteiger partial charge in [-0.25, -0.2) is 13.8 Å². The van der Waals surface area contributed by atoms with E-state index in [1.807, 2.05) is 5.01 Å². The number of hydrogen-bond acceptors (Lipinski definition) is 8. The van der Waals surface area contributed by atoms with Crippen molar-refractivity contribution >= 4 is 32.2 Å². The van der Waals surface area contributed by atoms with Gasteiger partial charge in [0.05, 0.1) is 15.9 Å². The van der Waals surface area contributed by atoms with E-state index in [0.717, 1.165) is 11.3 Å². The molecule has 4 rings (SSSR count). The van der Waals surface area contributed by atoms with Crippen LogP contribution in [0.2, 0.25) is 0 Å². The smallest absolute Gasteiger partial charge is 0.345 e. The molecule has 1 aromatic heterocycles. The standard InChI is InChI=1S/C19H20F5N5O3S/c20-18(21)3-1-12(2-4-18)26-28-7-5-27(6-8-28)17-25-16(30)13-9-11(19(22,23)24)10-14(29(31)32)15(13)33-17/h9-10,12,26H,1-8H2. The average molecular weight is 493 g/mol. The highest BCUT2D eigenvalue weighted by atomic mass is 32.1. The van der Waals surface area contributed by atoms with Crippen molar-refractivity contribution in [3.05, 3.63) is 38.2 Å². The zero-order chi connectivity index (χ0) is 24.0. The zero-order valence-electron chi connectivity index (χ0n) is 17.2. The number of nitro benzene ring substituents is 1. The Morgan fingerprint density at radius 1 is 1.15 bits per heavy atom. The summed E-state index contributed by atoms with van der Waals surface area (Å²) in [5, 5.41) is 13.1. The van der Waals surface area contributed by atoms with E-state index in [4.69, 9.17) is 0 Å². The molecule has 2 fully saturated rings. The van der Waals surface area contributed by atoms with E-state index in [2.05, 4.69) is 10.4 Å². The van der Waals surface area contributed by atoms with Gasteiger partial charge in [0, 0.05) is 51.1 Å². The average Bonchev–Trinajstić information content (AvgIpc) is 2.74. The summed E-state index contributed by atoms with van der Waals surface area (Å²) in [4.78, 5) is 28.6. The summed E-state index contributed by atoms with van der Waals surface area (Å²) in [5.74, 6) is -2.61. The van der Waals surface area contributed by atoms with Gasteiger partial charge in [-0.15, -0.1) is 0 Å². The third-order valence-corrected chi connectivity index (χ3v) is 7.01. The SMILES string of the molecule is O=c1nc(N2CCN(NC3CCC(F)(F)CC3)CC2)sc2c([N+](=O)[O-])cc(C(F)(F)F)cc12. The summed E-state index contributed by atoms with van der Waals surface area (Å²) in [6.07, 6.45) is -4.43. The molecule has 0 bridgehead atoms. The van der Waals surface area contributed by atoms with Gasteiger partial charge in [0.15, 0.2) is 5.13 Å². The van der Waals surface area contributed by atoms with E-state index in [9.17, 15) is 36.9 Å². The van der Waals surface area contributed by atoms with Crippen molar-refractivity contribution in [3.8, 4) is 0 Å². The lowest BCUT2D eigenvalue weighted by molar-refractivity contribution is -0.383. The van der Waals surface area contributed by atoms with Crippen LogP contribution in [0.4, 0.5) is 32.8 Å². The van der Waals surface area contributed by atoms with Crippen LogP contribution >= 0.6 is 11.3 Å². The Morgan fingerprint density at radius 2 is 1.79 bits per heavy atom. The molecule has 0 spiro atoms. The van der Waals surface area contributed by atoms with E-state index < -0.39 is 39.2 Å². The van der Waals surface area contributed by atoms with Crippen molar-refractivity contribution in [2.75, 3.05) is 31.1 Å². The van der Waals surface area contributed by atoms with Crippen molar-refractivity contribution in [1.82, 2.24) is 15.4 Å². The highest BCUT2D eigenvalue weighted by Crippen LogP contribution is 2.38. The van der Waals surface area contributed by atoms with E-state index in [-0.39, 0.29) is 28.7 Å². The number of non-ortho nitro benzene ring substituents is 1. The van der Waals surface area contributed by atoms with Crippen LogP contribution in [0.3, 0.4) is 0 Å². The zero-order valence-corrected chi connectivity index (χ0v) is 18.0. The van der Waals surface area contributed by atoms with Crippen LogP contribution in [-0.2, 0) is 6.18 Å². The van der Waals surface area contributed by atoms with Gasteiger partial charge in [0.25, 0.3) is 11.2 Å². The topological polar surface area (TPSA) is 91.6 Å². The Morgan fingerprint density at radius 3 is 2.36 bits per heavy atom. The Labute approximate surface area is 188 Å². The molecule has 8 nitrogen and oxygen atoms in total. The molecule has 1 aliphatic carbocycles. The monoisotopic (exact) mass is 493 g/mol. The highest BCUT2D eigenvalue weighted by molar-refractivity contribution is 7.22. The first kappa shape index (κ1) is 23.7. The Hall–Kier alpha value is -2.45. The van der Waals surface area contributed by atoms with Crippen LogP contribution in [0.25, 0.3) is 10.1 Å². The predicted molar refractivity (Wildman–Crippen MR) is 112 cm³/mol. The summed E-state index contributed by atoms with van der Waals surface area (Å²) >= 11 is 0.802. The molecule has 1 aromatic carbocycles. The van der Waals surface area contributed by atoms with Gasteiger partial charge in [-0.1, -0.05) is 11.3 Å². The van der Waals surface area contributed by atoms with Crippen molar-refractivity contribution in [2.45, 2.75) is 43.8 Å². The number of hydrogen-bond donors (Lipinski definition) is 1. The van der Waals surface area contributed by atoms with Crippen molar-refractivity contribution in [3.63, 3.8) is 0 Å². The van der Waals surface area contributed by atoms with Crippen LogP contribution < -0.4 is 15.9 Å². The number of fused-ring (bicyclic) bond motifs is 1. The Balaban J connectivity index is 1.51. The van der Waals surface area contributed by atoms with E-state index in [0.29, 0.717) is 51.2 Å². The highest BCUT2D eigenvalue weighted by Gasteiger charge is 2.36. The van der Waals surface area contributed by atoms with Crippen molar-refractivity contribution < 1.29 is 26.9 Å². The first-order valence-electron chi connectivity index (χ1n) is 10.3. The maximum absolute atomic E-state index is 13.3. The molecule has 180 valence electrons. The number of hydrazine groups is 1. The molecular weight excluding hydrogens is 473 g/mol. The van der Waals surface area contributed by atoms with Gasteiger partial charge in [-0.2, -0.15) is 18.2 Å². The number of nitrogens with one attached hydrogen (secondary N) is 1. The summed E-state index contributed by atoms with van der Waals surface area (Å²) in [6.45, 7) is 1.78. The minimum absolute atomic E-state index is 0.0449. The molecule has 2 aliphatic rings. The molecule has 0 unspecified atom stereocenters. The van der Waals surface area contributed by atoms with Gasteiger partial charge >= 0.3 is 6.18 Å². The van der Waals surface area contributed by atoms with Crippen LogP contribution in [0.5, 0.6) is 0 Å². The summed E-state index contributed by atoms with van der Waals surface area (Å²) < 4.78 is 65.8. The molecule has 0 amide bonds. The quantitative estimate of drug-likeness (QED) is 0.394. The number of nitro groups is 1. The molecule has 1 saturated heterocycles. The normalized spacial score (nSPS) is 20.3. The molecule has 2 aromatic rings. The largest absolute Gasteiger partial charge is 0.416 e. The molecule has 0 radical (unpaired) electrons. The lowest BCUT2D eigenvalue weighted by Gasteiger charge is -2.38. The van der Waals surface area contributed by atoms with Gasteiger partial charge in [0.1, 0.15) is 4.70 Å². The van der Waals surface area contributed by atoms with Gasteiger partial charge in [-0.3, -0.25) is 20.3 Å². The fourth-order valence-electron chi connectivity index (χ4n) is 4.03. The van der Waals surface area contributed by atoms with Crippen LogP contribution in [0.1, 0.15) is 31.2 Å². The molecule has 0 atom stereocenters. The second kappa shape index (κ2) is 8.72. The lowest BCUT2D eigenvalue weighted by Crippen LogP contribution is -2.55. The van der Waals surface area contributed by atoms with Gasteiger partial charge in [0.2, 0.25) is 5.92 Å². The summed E-state index contributed by atoms with van der Waals surface area (Å²) in [7, 11) is 0. The first-order valence-corrected chi connectivity index (χ1v) is 11.1. The Kier molecular flexibility index (Phi) is 6.26. The fourth-order valence-corrected chi connectivity index (χ4v) is 5.15. The molecular formula is C19H20F5N5O3S. The summed E-state index contributed by atoms with van der Waals surface area (Å²) in [5.41, 5.74) is 0.221. The van der Waals surface area contributed by atoms with E-state index in [1.165, 1.54) is 0 Å². The van der Waals surface area contributed by atoms with Crippen LogP contribution in [0.15, 0.2) is 16.9 Å². The van der Waals surface area contributed by atoms with E-state index >= 15 is 0 Å². The molecule has 1 saturated carbocycles. The molecule has 1 N–H and O–H groups in total. The second-order valence-electron chi connectivity index (χ2n) is 8.16. The van der Waals surface area contributed by atoms with Gasteiger partial charge in [-0.05, 0) is 18.9 Å². The molecule has 1 aliphatic heterocycles. The lowest BCUT2D eigenvalue weighted by atomic mass is 9.93. The number of rotatable bonds is 4. The Bertz CT molecular complexity index is 1110. The minimum atomic E-state index is -4.84.